The van der Waals surface area contributed by atoms with Crippen molar-refractivity contribution in [1.29, 1.82) is 0 Å². The van der Waals surface area contributed by atoms with Gasteiger partial charge in [-0.1, -0.05) is 11.8 Å². The first-order valence-electron chi connectivity index (χ1n) is 9.88. The van der Waals surface area contributed by atoms with Crippen LogP contribution in [-0.4, -0.2) is 59.9 Å². The summed E-state index contributed by atoms with van der Waals surface area (Å²) >= 11 is 1.67. The van der Waals surface area contributed by atoms with Crippen molar-refractivity contribution < 1.29 is 18.9 Å². The molecule has 4 rings (SSSR count). The second-order valence-electron chi connectivity index (χ2n) is 7.16. The summed E-state index contributed by atoms with van der Waals surface area (Å²) in [7, 11) is 4.86. The molecular formula is C21H26N4O4S. The largest absolute Gasteiger partial charge is 0.496 e. The number of hydrogen-bond donors (Lipinski definition) is 0. The zero-order valence-corrected chi connectivity index (χ0v) is 18.5. The quantitative estimate of drug-likeness (QED) is 0.526. The number of thioether (sulfide) groups is 1. The lowest BCUT2D eigenvalue weighted by molar-refractivity contribution is 0.0728. The van der Waals surface area contributed by atoms with E-state index in [0.717, 1.165) is 48.8 Å². The molecular weight excluding hydrogens is 404 g/mol. The number of aromatic nitrogens is 4. The Bertz CT molecular complexity index is 1010. The van der Waals surface area contributed by atoms with Gasteiger partial charge in [-0.05, 0) is 31.7 Å². The van der Waals surface area contributed by atoms with Gasteiger partial charge in [0, 0.05) is 36.8 Å². The predicted octanol–water partition coefficient (Wildman–Crippen LogP) is 3.64. The standard InChI is InChI=1S/C21H26N4O4S/c1-13-9-16(19-17(27-3)10-15(26-2)11-18(19)28-4)25-20(22-13)23-21(24-25)30-12-14-5-7-29-8-6-14/h9-11,14H,5-8,12H2,1-4H3. The third-order valence-electron chi connectivity index (χ3n) is 5.18. The molecule has 2 aromatic heterocycles. The molecule has 0 N–H and O–H groups in total. The number of hydrogen-bond acceptors (Lipinski definition) is 8. The smallest absolute Gasteiger partial charge is 0.253 e. The van der Waals surface area contributed by atoms with Crippen LogP contribution in [0.1, 0.15) is 18.5 Å². The average molecular weight is 431 g/mol. The number of nitrogens with zero attached hydrogens (tertiary/aromatic N) is 4. The van der Waals surface area contributed by atoms with Crippen LogP contribution in [0, 0.1) is 12.8 Å². The van der Waals surface area contributed by atoms with Gasteiger partial charge in [-0.25, -0.2) is 4.98 Å². The minimum atomic E-state index is 0.555. The van der Waals surface area contributed by atoms with Gasteiger partial charge in [0.15, 0.2) is 0 Å². The fourth-order valence-corrected chi connectivity index (χ4v) is 4.57. The second kappa shape index (κ2) is 9.09. The van der Waals surface area contributed by atoms with Gasteiger partial charge in [0.05, 0.1) is 32.6 Å². The van der Waals surface area contributed by atoms with E-state index in [0.29, 0.717) is 34.1 Å². The maximum atomic E-state index is 5.65. The molecule has 3 aromatic rings. The highest BCUT2D eigenvalue weighted by atomic mass is 32.2. The molecule has 8 nitrogen and oxygen atoms in total. The molecule has 1 aliphatic rings. The normalized spacial score (nSPS) is 14.8. The van der Waals surface area contributed by atoms with Crippen molar-refractivity contribution in [2.45, 2.75) is 24.9 Å². The lowest BCUT2D eigenvalue weighted by Crippen LogP contribution is -2.17. The monoisotopic (exact) mass is 430 g/mol. The van der Waals surface area contributed by atoms with Crippen LogP contribution in [-0.2, 0) is 4.74 Å². The molecule has 0 aliphatic carbocycles. The van der Waals surface area contributed by atoms with Crippen LogP contribution in [0.2, 0.25) is 0 Å². The van der Waals surface area contributed by atoms with Gasteiger partial charge in [0.25, 0.3) is 5.78 Å². The highest BCUT2D eigenvalue weighted by molar-refractivity contribution is 7.99. The Morgan fingerprint density at radius 1 is 1.03 bits per heavy atom. The van der Waals surface area contributed by atoms with E-state index in [9.17, 15) is 0 Å². The molecule has 1 aromatic carbocycles. The minimum Gasteiger partial charge on any atom is -0.496 e. The average Bonchev–Trinajstić information content (AvgIpc) is 3.19. The van der Waals surface area contributed by atoms with E-state index in [4.69, 9.17) is 24.0 Å². The molecule has 1 fully saturated rings. The van der Waals surface area contributed by atoms with Crippen LogP contribution >= 0.6 is 11.8 Å². The molecule has 0 radical (unpaired) electrons. The van der Waals surface area contributed by atoms with Crippen molar-refractivity contribution in [3.05, 3.63) is 23.9 Å². The molecule has 9 heteroatoms. The van der Waals surface area contributed by atoms with Crippen LogP contribution in [0.3, 0.4) is 0 Å². The molecule has 1 aliphatic heterocycles. The number of methoxy groups -OCH3 is 3. The number of aryl methyl sites for hydroxylation is 1. The Labute approximate surface area is 179 Å². The molecule has 30 heavy (non-hydrogen) atoms. The van der Waals surface area contributed by atoms with E-state index >= 15 is 0 Å². The molecule has 0 amide bonds. The van der Waals surface area contributed by atoms with Gasteiger partial charge in [0.2, 0.25) is 5.16 Å². The molecule has 0 unspecified atom stereocenters. The van der Waals surface area contributed by atoms with E-state index in [1.165, 1.54) is 0 Å². The van der Waals surface area contributed by atoms with Gasteiger partial charge in [-0.3, -0.25) is 0 Å². The fraction of sp³-hybridized carbons (Fsp3) is 0.476. The molecule has 160 valence electrons. The van der Waals surface area contributed by atoms with Gasteiger partial charge >= 0.3 is 0 Å². The zero-order chi connectivity index (χ0) is 21.1. The van der Waals surface area contributed by atoms with E-state index in [-0.39, 0.29) is 0 Å². The lowest BCUT2D eigenvalue weighted by atomic mass is 10.0. The Morgan fingerprint density at radius 2 is 1.73 bits per heavy atom. The number of rotatable bonds is 7. The predicted molar refractivity (Wildman–Crippen MR) is 115 cm³/mol. The fourth-order valence-electron chi connectivity index (χ4n) is 3.57. The molecule has 0 atom stereocenters. The Balaban J connectivity index is 1.75. The van der Waals surface area contributed by atoms with Crippen molar-refractivity contribution in [2.75, 3.05) is 40.3 Å². The number of fused-ring (bicyclic) bond motifs is 1. The molecule has 0 saturated carbocycles. The summed E-state index contributed by atoms with van der Waals surface area (Å²) < 4.78 is 23.9. The summed E-state index contributed by atoms with van der Waals surface area (Å²) in [5, 5.41) is 5.46. The van der Waals surface area contributed by atoms with Crippen molar-refractivity contribution in [3.8, 4) is 28.5 Å². The Morgan fingerprint density at radius 3 is 2.37 bits per heavy atom. The molecule has 0 spiro atoms. The van der Waals surface area contributed by atoms with Crippen molar-refractivity contribution >= 4 is 17.5 Å². The first-order chi connectivity index (χ1) is 14.6. The molecule has 0 bridgehead atoms. The summed E-state index contributed by atoms with van der Waals surface area (Å²) in [6, 6.07) is 5.62. The lowest BCUT2D eigenvalue weighted by Gasteiger charge is -2.20. The summed E-state index contributed by atoms with van der Waals surface area (Å²) in [6.07, 6.45) is 2.17. The topological polar surface area (TPSA) is 80.0 Å². The summed E-state index contributed by atoms with van der Waals surface area (Å²) in [5.74, 6) is 4.07. The van der Waals surface area contributed by atoms with Crippen molar-refractivity contribution in [1.82, 2.24) is 19.6 Å². The highest BCUT2D eigenvalue weighted by Crippen LogP contribution is 2.42. The first-order valence-corrected chi connectivity index (χ1v) is 10.9. The number of ether oxygens (including phenoxy) is 4. The zero-order valence-electron chi connectivity index (χ0n) is 17.7. The molecule has 3 heterocycles. The summed E-state index contributed by atoms with van der Waals surface area (Å²) in [4.78, 5) is 9.23. The first kappa shape index (κ1) is 20.7. The van der Waals surface area contributed by atoms with Crippen molar-refractivity contribution in [3.63, 3.8) is 0 Å². The maximum Gasteiger partial charge on any atom is 0.253 e. The van der Waals surface area contributed by atoms with E-state index in [1.54, 1.807) is 37.6 Å². The van der Waals surface area contributed by atoms with Gasteiger partial charge in [-0.15, -0.1) is 5.10 Å². The third kappa shape index (κ3) is 4.17. The van der Waals surface area contributed by atoms with Crippen LogP contribution in [0.4, 0.5) is 0 Å². The van der Waals surface area contributed by atoms with E-state index in [1.807, 2.05) is 25.1 Å². The summed E-state index contributed by atoms with van der Waals surface area (Å²) in [6.45, 7) is 3.62. The van der Waals surface area contributed by atoms with Crippen LogP contribution < -0.4 is 14.2 Å². The van der Waals surface area contributed by atoms with E-state index < -0.39 is 0 Å². The SMILES string of the molecule is COc1cc(OC)c(-c2cc(C)nc3nc(SCC4CCOCC4)nn23)c(OC)c1. The number of benzene rings is 1. The van der Waals surface area contributed by atoms with E-state index in [2.05, 4.69) is 9.97 Å². The van der Waals surface area contributed by atoms with Gasteiger partial charge < -0.3 is 18.9 Å². The Kier molecular flexibility index (Phi) is 6.29. The minimum absolute atomic E-state index is 0.555. The van der Waals surface area contributed by atoms with Crippen LogP contribution in [0.25, 0.3) is 17.0 Å². The van der Waals surface area contributed by atoms with Crippen LogP contribution in [0.5, 0.6) is 17.2 Å². The van der Waals surface area contributed by atoms with Gasteiger partial charge in [0.1, 0.15) is 17.2 Å². The van der Waals surface area contributed by atoms with Crippen LogP contribution in [0.15, 0.2) is 23.4 Å². The maximum absolute atomic E-state index is 5.65. The third-order valence-corrected chi connectivity index (χ3v) is 6.25. The van der Waals surface area contributed by atoms with Crippen molar-refractivity contribution in [2.24, 2.45) is 5.92 Å². The highest BCUT2D eigenvalue weighted by Gasteiger charge is 2.21. The van der Waals surface area contributed by atoms with Gasteiger partial charge in [-0.2, -0.15) is 9.50 Å². The summed E-state index contributed by atoms with van der Waals surface area (Å²) in [5.41, 5.74) is 2.42. The second-order valence-corrected chi connectivity index (χ2v) is 8.15. The molecule has 1 saturated heterocycles. The Hall–Kier alpha value is -2.52.